The monoisotopic (exact) mass is 425 g/mol. The van der Waals surface area contributed by atoms with Gasteiger partial charge in [0.15, 0.2) is 5.82 Å². The molecule has 32 heavy (non-hydrogen) atoms. The summed E-state index contributed by atoms with van der Waals surface area (Å²) in [6.45, 7) is 7.59. The van der Waals surface area contributed by atoms with Crippen LogP contribution in [0.25, 0.3) is 22.4 Å². The van der Waals surface area contributed by atoms with Crippen LogP contribution in [0.1, 0.15) is 41.2 Å². The Labute approximate surface area is 188 Å². The normalized spacial score (nSPS) is 12.0. The fourth-order valence-electron chi connectivity index (χ4n) is 3.92. The van der Waals surface area contributed by atoms with Gasteiger partial charge in [0.05, 0.1) is 11.0 Å². The fourth-order valence-corrected chi connectivity index (χ4v) is 3.92. The summed E-state index contributed by atoms with van der Waals surface area (Å²) < 4.78 is 1.96. The third kappa shape index (κ3) is 3.89. The molecule has 3 aromatic carbocycles. The maximum absolute atomic E-state index is 13.8. The van der Waals surface area contributed by atoms with Gasteiger partial charge in [0.2, 0.25) is 5.78 Å². The second kappa shape index (κ2) is 9.10. The van der Waals surface area contributed by atoms with E-state index in [1.807, 2.05) is 66.2 Å². The van der Waals surface area contributed by atoms with Gasteiger partial charge in [-0.1, -0.05) is 66.7 Å². The molecule has 0 aliphatic heterocycles. The quantitative estimate of drug-likeness (QED) is 0.237. The molecule has 0 bridgehead atoms. The zero-order valence-electron chi connectivity index (χ0n) is 18.6. The molecular weight excluding hydrogens is 398 g/mol. The molecule has 1 aromatic heterocycles. The molecule has 0 saturated carbocycles. The predicted molar refractivity (Wildman–Crippen MR) is 130 cm³/mol. The standard InChI is InChI=1S/C27H27N3O2/c1-4-29(5-2)30-23-17-16-19(3)18-22(23)28-27(30)24(25(31)20-12-8-6-9-13-20)26(32)21-14-10-7-11-15-21/h6-18,31H,4-5H2,1-3H3/b25-24-. The van der Waals surface area contributed by atoms with Gasteiger partial charge in [0.25, 0.3) is 0 Å². The largest absolute Gasteiger partial charge is 0.506 e. The number of aromatic nitrogens is 2. The van der Waals surface area contributed by atoms with Crippen molar-refractivity contribution >= 4 is 28.1 Å². The smallest absolute Gasteiger partial charge is 0.200 e. The fraction of sp³-hybridized carbons (Fsp3) is 0.185. The number of nitrogens with zero attached hydrogens (tertiary/aromatic N) is 3. The number of carbonyl (C=O) groups excluding carboxylic acids is 1. The van der Waals surface area contributed by atoms with Crippen molar-refractivity contribution in [2.24, 2.45) is 0 Å². The van der Waals surface area contributed by atoms with Crippen molar-refractivity contribution in [1.29, 1.82) is 0 Å². The van der Waals surface area contributed by atoms with Crippen LogP contribution < -0.4 is 5.01 Å². The number of Topliss-reactive ketones (excluding diaryl/α,β-unsaturated/α-hetero) is 1. The van der Waals surface area contributed by atoms with Crippen molar-refractivity contribution in [3.05, 3.63) is 101 Å². The molecule has 5 nitrogen and oxygen atoms in total. The first kappa shape index (κ1) is 21.4. The first-order valence-electron chi connectivity index (χ1n) is 10.9. The minimum atomic E-state index is -0.271. The highest BCUT2D eigenvalue weighted by Crippen LogP contribution is 2.31. The second-order valence-corrected chi connectivity index (χ2v) is 7.66. The van der Waals surface area contributed by atoms with Gasteiger partial charge in [-0.2, -0.15) is 0 Å². The van der Waals surface area contributed by atoms with Gasteiger partial charge < -0.3 is 10.1 Å². The summed E-state index contributed by atoms with van der Waals surface area (Å²) in [7, 11) is 0. The number of rotatable bonds is 7. The van der Waals surface area contributed by atoms with Gasteiger partial charge in [0, 0.05) is 24.2 Å². The Hall–Kier alpha value is -3.86. The molecule has 1 heterocycles. The number of ketones is 1. The highest BCUT2D eigenvalue weighted by molar-refractivity contribution is 6.33. The Kier molecular flexibility index (Phi) is 6.08. The number of aliphatic hydroxyl groups excluding tert-OH is 1. The van der Waals surface area contributed by atoms with E-state index >= 15 is 0 Å². The average Bonchev–Trinajstić information content (AvgIpc) is 3.19. The molecule has 0 atom stereocenters. The van der Waals surface area contributed by atoms with Gasteiger partial charge in [-0.05, 0) is 38.5 Å². The number of allylic oxidation sites excluding steroid dienone is 1. The molecule has 5 heteroatoms. The zero-order valence-corrected chi connectivity index (χ0v) is 18.6. The van der Waals surface area contributed by atoms with E-state index in [9.17, 15) is 9.90 Å². The molecule has 4 aromatic rings. The van der Waals surface area contributed by atoms with Crippen LogP contribution in [0.4, 0.5) is 0 Å². The van der Waals surface area contributed by atoms with Crippen LogP contribution in [0, 0.1) is 6.92 Å². The van der Waals surface area contributed by atoms with E-state index in [-0.39, 0.29) is 17.1 Å². The number of aryl methyl sites for hydroxylation is 1. The number of aliphatic hydroxyl groups is 1. The minimum absolute atomic E-state index is 0.0834. The Bertz CT molecular complexity index is 1270. The van der Waals surface area contributed by atoms with E-state index in [0.29, 0.717) is 17.0 Å². The molecule has 0 saturated heterocycles. The zero-order chi connectivity index (χ0) is 22.7. The van der Waals surface area contributed by atoms with Gasteiger partial charge in [-0.15, -0.1) is 0 Å². The maximum atomic E-state index is 13.8. The summed E-state index contributed by atoms with van der Waals surface area (Å²) in [6.07, 6.45) is 0. The maximum Gasteiger partial charge on any atom is 0.200 e. The third-order valence-corrected chi connectivity index (χ3v) is 5.57. The van der Waals surface area contributed by atoms with Crippen molar-refractivity contribution < 1.29 is 9.90 Å². The van der Waals surface area contributed by atoms with Gasteiger partial charge in [-0.3, -0.25) is 4.79 Å². The Morgan fingerprint density at radius 1 is 0.906 bits per heavy atom. The molecule has 0 radical (unpaired) electrons. The minimum Gasteiger partial charge on any atom is -0.506 e. The lowest BCUT2D eigenvalue weighted by Crippen LogP contribution is -2.35. The number of fused-ring (bicyclic) bond motifs is 1. The highest BCUT2D eigenvalue weighted by atomic mass is 16.3. The van der Waals surface area contributed by atoms with Crippen LogP contribution in [-0.4, -0.2) is 33.6 Å². The third-order valence-electron chi connectivity index (χ3n) is 5.57. The molecule has 0 spiro atoms. The topological polar surface area (TPSA) is 58.4 Å². The first-order valence-corrected chi connectivity index (χ1v) is 10.9. The van der Waals surface area contributed by atoms with Crippen LogP contribution in [0.3, 0.4) is 0 Å². The second-order valence-electron chi connectivity index (χ2n) is 7.66. The molecule has 0 aliphatic rings. The Balaban J connectivity index is 2.06. The summed E-state index contributed by atoms with van der Waals surface area (Å²) in [6, 6.07) is 24.2. The number of imidazole rings is 1. The molecule has 0 unspecified atom stereocenters. The van der Waals surface area contributed by atoms with Crippen LogP contribution in [0.2, 0.25) is 0 Å². The summed E-state index contributed by atoms with van der Waals surface area (Å²) in [4.78, 5) is 18.6. The van der Waals surface area contributed by atoms with Crippen LogP contribution >= 0.6 is 0 Å². The SMILES string of the molecule is CCN(CC)n1c(/C(C(=O)c2ccccc2)=C(\O)c2ccccc2)nc2cc(C)ccc21. The van der Waals surface area contributed by atoms with E-state index < -0.39 is 0 Å². The van der Waals surface area contributed by atoms with Crippen molar-refractivity contribution in [3.63, 3.8) is 0 Å². The summed E-state index contributed by atoms with van der Waals surface area (Å²) in [5, 5.41) is 13.5. The van der Waals surface area contributed by atoms with Crippen molar-refractivity contribution in [1.82, 2.24) is 9.66 Å². The van der Waals surface area contributed by atoms with Crippen molar-refractivity contribution in [2.45, 2.75) is 20.8 Å². The molecule has 0 aliphatic carbocycles. The van der Waals surface area contributed by atoms with E-state index in [2.05, 4.69) is 18.9 Å². The number of hydrogen-bond donors (Lipinski definition) is 1. The van der Waals surface area contributed by atoms with E-state index in [1.165, 1.54) is 0 Å². The van der Waals surface area contributed by atoms with E-state index in [0.717, 1.165) is 29.7 Å². The van der Waals surface area contributed by atoms with Crippen molar-refractivity contribution in [3.8, 4) is 0 Å². The molecule has 4 rings (SSSR count). The molecule has 0 fully saturated rings. The average molecular weight is 426 g/mol. The van der Waals surface area contributed by atoms with Gasteiger partial charge in [-0.25, -0.2) is 9.66 Å². The summed E-state index contributed by atoms with van der Waals surface area (Å²) >= 11 is 0. The van der Waals surface area contributed by atoms with Crippen LogP contribution in [-0.2, 0) is 0 Å². The van der Waals surface area contributed by atoms with Crippen molar-refractivity contribution in [2.75, 3.05) is 18.1 Å². The van der Waals surface area contributed by atoms with Gasteiger partial charge >= 0.3 is 0 Å². The van der Waals surface area contributed by atoms with E-state index in [1.54, 1.807) is 24.3 Å². The lowest BCUT2D eigenvalue weighted by Gasteiger charge is -2.26. The number of carbonyl (C=O) groups is 1. The Morgan fingerprint density at radius 3 is 2.09 bits per heavy atom. The Morgan fingerprint density at radius 2 is 1.50 bits per heavy atom. The van der Waals surface area contributed by atoms with E-state index in [4.69, 9.17) is 4.98 Å². The van der Waals surface area contributed by atoms with Crippen LogP contribution in [0.15, 0.2) is 78.9 Å². The summed E-state index contributed by atoms with van der Waals surface area (Å²) in [5.41, 5.74) is 4.02. The summed E-state index contributed by atoms with van der Waals surface area (Å²) in [5.74, 6) is 0.0804. The predicted octanol–water partition coefficient (Wildman–Crippen LogP) is 5.63. The molecule has 162 valence electrons. The van der Waals surface area contributed by atoms with Crippen LogP contribution in [0.5, 0.6) is 0 Å². The van der Waals surface area contributed by atoms with Gasteiger partial charge in [0.1, 0.15) is 11.3 Å². The number of benzene rings is 3. The lowest BCUT2D eigenvalue weighted by atomic mass is 9.98. The first-order chi connectivity index (χ1) is 15.5. The molecule has 1 N–H and O–H groups in total. The number of hydrogen-bond acceptors (Lipinski definition) is 4. The molecule has 0 amide bonds. The molecular formula is C27H27N3O2. The lowest BCUT2D eigenvalue weighted by molar-refractivity contribution is 0.105. The highest BCUT2D eigenvalue weighted by Gasteiger charge is 2.27.